The second-order valence-electron chi connectivity index (χ2n) is 4.59. The number of pyridine rings is 1. The molecular formula is C13H21N3. The van der Waals surface area contributed by atoms with Crippen LogP contribution in [-0.2, 0) is 0 Å². The molecule has 0 spiro atoms. The standard InChI is InChI=1S/C13H21N3/c1-12(13-4-2-5-15-10-13)11-16-8-3-6-14-7-9-16/h2,4-5,10,12,14H,3,6-9,11H2,1H3. The smallest absolute Gasteiger partial charge is 0.0303 e. The molecule has 3 nitrogen and oxygen atoms in total. The summed E-state index contributed by atoms with van der Waals surface area (Å²) in [6, 6.07) is 4.20. The van der Waals surface area contributed by atoms with Gasteiger partial charge in [0.25, 0.3) is 0 Å². The van der Waals surface area contributed by atoms with Crippen LogP contribution in [0.1, 0.15) is 24.8 Å². The fourth-order valence-corrected chi connectivity index (χ4v) is 2.24. The highest BCUT2D eigenvalue weighted by molar-refractivity contribution is 5.14. The molecule has 1 aliphatic heterocycles. The highest BCUT2D eigenvalue weighted by Gasteiger charge is 2.13. The molecule has 0 aromatic carbocycles. The Kier molecular flexibility index (Phi) is 4.31. The first-order chi connectivity index (χ1) is 7.86. The molecule has 1 aromatic rings. The van der Waals surface area contributed by atoms with Gasteiger partial charge < -0.3 is 10.2 Å². The monoisotopic (exact) mass is 219 g/mol. The number of rotatable bonds is 3. The van der Waals surface area contributed by atoms with Gasteiger partial charge in [0, 0.05) is 32.0 Å². The highest BCUT2D eigenvalue weighted by Crippen LogP contribution is 2.15. The summed E-state index contributed by atoms with van der Waals surface area (Å²) in [5, 5.41) is 3.44. The van der Waals surface area contributed by atoms with Gasteiger partial charge in [-0.2, -0.15) is 0 Å². The second kappa shape index (κ2) is 5.97. The van der Waals surface area contributed by atoms with Crippen molar-refractivity contribution in [1.82, 2.24) is 15.2 Å². The molecular weight excluding hydrogens is 198 g/mol. The van der Waals surface area contributed by atoms with Crippen molar-refractivity contribution in [2.75, 3.05) is 32.7 Å². The Balaban J connectivity index is 1.88. The van der Waals surface area contributed by atoms with Crippen molar-refractivity contribution in [3.05, 3.63) is 30.1 Å². The average Bonchev–Trinajstić information content (AvgIpc) is 2.59. The Morgan fingerprint density at radius 2 is 2.38 bits per heavy atom. The Labute approximate surface area is 97.9 Å². The van der Waals surface area contributed by atoms with Crippen LogP contribution in [0.4, 0.5) is 0 Å². The molecule has 0 radical (unpaired) electrons. The van der Waals surface area contributed by atoms with Crippen molar-refractivity contribution in [3.63, 3.8) is 0 Å². The Hall–Kier alpha value is -0.930. The van der Waals surface area contributed by atoms with Crippen LogP contribution in [0.3, 0.4) is 0 Å². The van der Waals surface area contributed by atoms with Crippen LogP contribution in [0.5, 0.6) is 0 Å². The molecule has 1 unspecified atom stereocenters. The van der Waals surface area contributed by atoms with Crippen LogP contribution in [-0.4, -0.2) is 42.6 Å². The predicted molar refractivity (Wildman–Crippen MR) is 66.6 cm³/mol. The quantitative estimate of drug-likeness (QED) is 0.834. The minimum absolute atomic E-state index is 0.576. The van der Waals surface area contributed by atoms with E-state index in [2.05, 4.69) is 28.2 Å². The van der Waals surface area contributed by atoms with Gasteiger partial charge in [-0.25, -0.2) is 0 Å². The van der Waals surface area contributed by atoms with Gasteiger partial charge in [0.2, 0.25) is 0 Å². The van der Waals surface area contributed by atoms with E-state index in [0.29, 0.717) is 5.92 Å². The van der Waals surface area contributed by atoms with Gasteiger partial charge in [0.1, 0.15) is 0 Å². The maximum absolute atomic E-state index is 4.19. The van der Waals surface area contributed by atoms with E-state index in [4.69, 9.17) is 0 Å². The number of hydrogen-bond donors (Lipinski definition) is 1. The first kappa shape index (κ1) is 11.6. The molecule has 0 amide bonds. The zero-order valence-electron chi connectivity index (χ0n) is 10.0. The van der Waals surface area contributed by atoms with E-state index in [1.807, 2.05) is 18.5 Å². The van der Waals surface area contributed by atoms with E-state index in [0.717, 1.165) is 19.6 Å². The van der Waals surface area contributed by atoms with E-state index in [1.165, 1.54) is 25.1 Å². The van der Waals surface area contributed by atoms with Crippen LogP contribution in [0, 0.1) is 0 Å². The van der Waals surface area contributed by atoms with E-state index in [9.17, 15) is 0 Å². The normalized spacial score (nSPS) is 20.3. The summed E-state index contributed by atoms with van der Waals surface area (Å²) in [7, 11) is 0. The van der Waals surface area contributed by atoms with Crippen molar-refractivity contribution < 1.29 is 0 Å². The lowest BCUT2D eigenvalue weighted by molar-refractivity contribution is 0.278. The summed E-state index contributed by atoms with van der Waals surface area (Å²) in [4.78, 5) is 6.74. The summed E-state index contributed by atoms with van der Waals surface area (Å²) in [6.07, 6.45) is 5.09. The van der Waals surface area contributed by atoms with Gasteiger partial charge in [-0.3, -0.25) is 4.98 Å². The first-order valence-corrected chi connectivity index (χ1v) is 6.19. The van der Waals surface area contributed by atoms with Crippen molar-refractivity contribution in [3.8, 4) is 0 Å². The van der Waals surface area contributed by atoms with Crippen molar-refractivity contribution >= 4 is 0 Å². The second-order valence-corrected chi connectivity index (χ2v) is 4.59. The number of hydrogen-bond acceptors (Lipinski definition) is 3. The van der Waals surface area contributed by atoms with Gasteiger partial charge in [-0.1, -0.05) is 13.0 Å². The summed E-state index contributed by atoms with van der Waals surface area (Å²) in [5.41, 5.74) is 1.35. The molecule has 0 aliphatic carbocycles. The topological polar surface area (TPSA) is 28.2 Å². The van der Waals surface area contributed by atoms with Crippen LogP contribution >= 0.6 is 0 Å². The van der Waals surface area contributed by atoms with Gasteiger partial charge >= 0.3 is 0 Å². The molecule has 1 atom stereocenters. The Bertz CT molecular complexity index is 291. The van der Waals surface area contributed by atoms with Crippen LogP contribution in [0.2, 0.25) is 0 Å². The molecule has 1 fully saturated rings. The fraction of sp³-hybridized carbons (Fsp3) is 0.615. The summed E-state index contributed by atoms with van der Waals surface area (Å²) in [5.74, 6) is 0.576. The molecule has 1 saturated heterocycles. The largest absolute Gasteiger partial charge is 0.315 e. The molecule has 3 heteroatoms. The van der Waals surface area contributed by atoms with Crippen molar-refractivity contribution in [2.24, 2.45) is 0 Å². The van der Waals surface area contributed by atoms with Crippen molar-refractivity contribution in [2.45, 2.75) is 19.3 Å². The van der Waals surface area contributed by atoms with E-state index in [-0.39, 0.29) is 0 Å². The highest BCUT2D eigenvalue weighted by atomic mass is 15.1. The third kappa shape index (κ3) is 3.29. The average molecular weight is 219 g/mol. The summed E-state index contributed by atoms with van der Waals surface area (Å²) in [6.45, 7) is 8.11. The summed E-state index contributed by atoms with van der Waals surface area (Å²) >= 11 is 0. The van der Waals surface area contributed by atoms with Crippen LogP contribution < -0.4 is 5.32 Å². The first-order valence-electron chi connectivity index (χ1n) is 6.19. The molecule has 2 rings (SSSR count). The molecule has 1 aromatic heterocycles. The fourth-order valence-electron chi connectivity index (χ4n) is 2.24. The maximum atomic E-state index is 4.19. The minimum atomic E-state index is 0.576. The Morgan fingerprint density at radius 3 is 3.19 bits per heavy atom. The van der Waals surface area contributed by atoms with Gasteiger partial charge in [0.15, 0.2) is 0 Å². The third-order valence-electron chi connectivity index (χ3n) is 3.22. The zero-order valence-corrected chi connectivity index (χ0v) is 10.0. The third-order valence-corrected chi connectivity index (χ3v) is 3.22. The van der Waals surface area contributed by atoms with Crippen LogP contribution in [0.25, 0.3) is 0 Å². The van der Waals surface area contributed by atoms with Crippen molar-refractivity contribution in [1.29, 1.82) is 0 Å². The van der Waals surface area contributed by atoms with Gasteiger partial charge in [0.05, 0.1) is 0 Å². The minimum Gasteiger partial charge on any atom is -0.315 e. The van der Waals surface area contributed by atoms with Crippen LogP contribution in [0.15, 0.2) is 24.5 Å². The summed E-state index contributed by atoms with van der Waals surface area (Å²) < 4.78 is 0. The number of nitrogens with one attached hydrogen (secondary N) is 1. The molecule has 16 heavy (non-hydrogen) atoms. The SMILES string of the molecule is CC(CN1CCCNCC1)c1cccnc1. The molecule has 0 saturated carbocycles. The molecule has 1 aliphatic rings. The van der Waals surface area contributed by atoms with E-state index >= 15 is 0 Å². The molecule has 88 valence electrons. The van der Waals surface area contributed by atoms with Gasteiger partial charge in [-0.05, 0) is 37.1 Å². The van der Waals surface area contributed by atoms with E-state index in [1.54, 1.807) is 0 Å². The lowest BCUT2D eigenvalue weighted by Gasteiger charge is -2.23. The molecule has 1 N–H and O–H groups in total. The lowest BCUT2D eigenvalue weighted by Crippen LogP contribution is -2.31. The number of aromatic nitrogens is 1. The lowest BCUT2D eigenvalue weighted by atomic mass is 10.0. The number of nitrogens with zero attached hydrogens (tertiary/aromatic N) is 2. The predicted octanol–water partition coefficient (Wildman–Crippen LogP) is 1.48. The molecule has 2 heterocycles. The Morgan fingerprint density at radius 1 is 1.44 bits per heavy atom. The van der Waals surface area contributed by atoms with Gasteiger partial charge in [-0.15, -0.1) is 0 Å². The maximum Gasteiger partial charge on any atom is 0.0303 e. The van der Waals surface area contributed by atoms with E-state index < -0.39 is 0 Å². The zero-order chi connectivity index (χ0) is 11.2. The molecule has 0 bridgehead atoms.